The summed E-state index contributed by atoms with van der Waals surface area (Å²) < 4.78 is 0. The van der Waals surface area contributed by atoms with E-state index in [0.717, 1.165) is 23.8 Å². The average Bonchev–Trinajstić information content (AvgIpc) is 2.67. The number of hydrogen-bond acceptors (Lipinski definition) is 3. The van der Waals surface area contributed by atoms with E-state index >= 15 is 0 Å². The van der Waals surface area contributed by atoms with Crippen LogP contribution in [0.25, 0.3) is 10.9 Å². The maximum atomic E-state index is 12.8. The number of primary amides is 1. The van der Waals surface area contributed by atoms with Crippen molar-refractivity contribution >= 4 is 34.2 Å². The van der Waals surface area contributed by atoms with Gasteiger partial charge in [0.1, 0.15) is 5.56 Å². The fraction of sp³-hybridized carbons (Fsp3) is 0.190. The molecular weight excluding hydrogens is 356 g/mol. The summed E-state index contributed by atoms with van der Waals surface area (Å²) in [6, 6.07) is 12.2. The van der Waals surface area contributed by atoms with Crippen molar-refractivity contribution in [2.24, 2.45) is 5.73 Å². The van der Waals surface area contributed by atoms with Crippen molar-refractivity contribution in [3.63, 3.8) is 0 Å². The number of hydrogen-bond donors (Lipinski definition) is 3. The van der Waals surface area contributed by atoms with E-state index < -0.39 is 17.5 Å². The first-order valence-corrected chi connectivity index (χ1v) is 9.08. The molecule has 0 aliphatic carbocycles. The van der Waals surface area contributed by atoms with Crippen LogP contribution >= 0.6 is 0 Å². The highest BCUT2D eigenvalue weighted by atomic mass is 16.2. The second kappa shape index (κ2) is 6.84. The fourth-order valence-electron chi connectivity index (χ4n) is 3.76. The molecule has 3 aromatic rings. The molecule has 0 atom stereocenters. The monoisotopic (exact) mass is 376 g/mol. The summed E-state index contributed by atoms with van der Waals surface area (Å²) in [4.78, 5) is 41.3. The van der Waals surface area contributed by atoms with Crippen molar-refractivity contribution in [2.45, 2.75) is 19.8 Å². The maximum absolute atomic E-state index is 12.8. The molecule has 3 amide bonds. The van der Waals surface area contributed by atoms with Crippen LogP contribution in [0.4, 0.5) is 16.2 Å². The molecule has 28 heavy (non-hydrogen) atoms. The molecule has 0 bridgehead atoms. The van der Waals surface area contributed by atoms with E-state index in [0.29, 0.717) is 29.0 Å². The zero-order valence-corrected chi connectivity index (χ0v) is 15.4. The molecule has 7 heteroatoms. The smallest absolute Gasteiger partial charge is 0.319 e. The molecule has 0 radical (unpaired) electrons. The number of pyridine rings is 1. The van der Waals surface area contributed by atoms with Crippen molar-refractivity contribution in [1.29, 1.82) is 0 Å². The maximum Gasteiger partial charge on any atom is 0.319 e. The lowest BCUT2D eigenvalue weighted by Crippen LogP contribution is -2.39. The summed E-state index contributed by atoms with van der Waals surface area (Å²) in [7, 11) is 0. The number of carbonyl (C=O) groups excluding carboxylic acids is 2. The van der Waals surface area contributed by atoms with Gasteiger partial charge in [-0.05, 0) is 49.1 Å². The van der Waals surface area contributed by atoms with Crippen LogP contribution in [0, 0.1) is 6.92 Å². The molecule has 0 unspecified atom stereocenters. The number of H-pyrrole nitrogens is 1. The van der Waals surface area contributed by atoms with Crippen LogP contribution in [-0.4, -0.2) is 23.5 Å². The molecule has 142 valence electrons. The summed E-state index contributed by atoms with van der Waals surface area (Å²) in [6.45, 7) is 2.30. The Balaban J connectivity index is 1.70. The van der Waals surface area contributed by atoms with Gasteiger partial charge in [0.25, 0.3) is 11.5 Å². The van der Waals surface area contributed by atoms with Gasteiger partial charge >= 0.3 is 6.03 Å². The molecule has 7 nitrogen and oxygen atoms in total. The van der Waals surface area contributed by atoms with Gasteiger partial charge in [-0.1, -0.05) is 24.3 Å². The van der Waals surface area contributed by atoms with Crippen LogP contribution in [-0.2, 0) is 6.42 Å². The quantitative estimate of drug-likeness (QED) is 0.640. The minimum atomic E-state index is -0.522. The number of nitrogens with one attached hydrogen (secondary N) is 2. The Hall–Kier alpha value is -3.61. The predicted octanol–water partition coefficient (Wildman–Crippen LogP) is 2.92. The Morgan fingerprint density at radius 3 is 2.75 bits per heavy atom. The van der Waals surface area contributed by atoms with Gasteiger partial charge in [-0.15, -0.1) is 0 Å². The van der Waals surface area contributed by atoms with E-state index in [1.807, 2.05) is 24.3 Å². The highest BCUT2D eigenvalue weighted by Crippen LogP contribution is 2.30. The van der Waals surface area contributed by atoms with E-state index in [-0.39, 0.29) is 5.56 Å². The van der Waals surface area contributed by atoms with Gasteiger partial charge in [-0.2, -0.15) is 0 Å². The van der Waals surface area contributed by atoms with E-state index in [4.69, 9.17) is 5.73 Å². The SMILES string of the molecule is Cc1c(C(=O)Nc2ccc3c(c2)N(C(N)=O)CCC3)c(=O)[nH]c2ccccc12. The van der Waals surface area contributed by atoms with E-state index in [2.05, 4.69) is 10.3 Å². The first-order valence-electron chi connectivity index (χ1n) is 9.08. The third-order valence-electron chi connectivity index (χ3n) is 5.14. The lowest BCUT2D eigenvalue weighted by molar-refractivity contribution is 0.102. The average molecular weight is 376 g/mol. The number of rotatable bonds is 2. The molecule has 0 saturated carbocycles. The molecule has 2 heterocycles. The van der Waals surface area contributed by atoms with Gasteiger partial charge in [-0.3, -0.25) is 14.5 Å². The summed E-state index contributed by atoms with van der Waals surface area (Å²) in [5.74, 6) is -0.495. The highest BCUT2D eigenvalue weighted by molar-refractivity contribution is 6.07. The lowest BCUT2D eigenvalue weighted by atomic mass is 10.0. The van der Waals surface area contributed by atoms with Crippen molar-refractivity contribution in [1.82, 2.24) is 4.98 Å². The predicted molar refractivity (Wildman–Crippen MR) is 109 cm³/mol. The number of para-hydroxylation sites is 1. The number of benzene rings is 2. The molecule has 0 fully saturated rings. The van der Waals surface area contributed by atoms with Crippen LogP contribution in [0.15, 0.2) is 47.3 Å². The number of amides is 3. The Bertz CT molecular complexity index is 1170. The first-order chi connectivity index (χ1) is 13.5. The van der Waals surface area contributed by atoms with Crippen molar-refractivity contribution in [3.8, 4) is 0 Å². The molecule has 1 aliphatic rings. The van der Waals surface area contributed by atoms with Crippen molar-refractivity contribution < 1.29 is 9.59 Å². The largest absolute Gasteiger partial charge is 0.351 e. The minimum Gasteiger partial charge on any atom is -0.351 e. The zero-order chi connectivity index (χ0) is 19.8. The van der Waals surface area contributed by atoms with Gasteiger partial charge in [0, 0.05) is 23.1 Å². The van der Waals surface area contributed by atoms with Crippen LogP contribution in [0.5, 0.6) is 0 Å². The molecule has 4 N–H and O–H groups in total. The Morgan fingerprint density at radius 2 is 1.96 bits per heavy atom. The molecule has 2 aromatic carbocycles. The zero-order valence-electron chi connectivity index (χ0n) is 15.4. The Labute approximate surface area is 161 Å². The standard InChI is InChI=1S/C21H20N4O3/c1-12-15-6-2-3-7-16(15)24-20(27)18(12)19(26)23-14-9-8-13-5-4-10-25(21(22)28)17(13)11-14/h2-3,6-9,11H,4-5,10H2,1H3,(H2,22,28)(H,23,26)(H,24,27). The molecule has 1 aliphatic heterocycles. The second-order valence-electron chi connectivity index (χ2n) is 6.89. The first kappa shape index (κ1) is 17.8. The van der Waals surface area contributed by atoms with Gasteiger partial charge < -0.3 is 16.0 Å². The number of aromatic nitrogens is 1. The second-order valence-corrected chi connectivity index (χ2v) is 6.89. The lowest BCUT2D eigenvalue weighted by Gasteiger charge is -2.28. The van der Waals surface area contributed by atoms with Crippen LogP contribution in [0.1, 0.15) is 27.9 Å². The van der Waals surface area contributed by atoms with Crippen LogP contribution < -0.4 is 21.5 Å². The molecule has 1 aromatic heterocycles. The number of nitrogens with zero attached hydrogens (tertiary/aromatic N) is 1. The number of fused-ring (bicyclic) bond motifs is 2. The summed E-state index contributed by atoms with van der Waals surface area (Å²) >= 11 is 0. The van der Waals surface area contributed by atoms with Crippen molar-refractivity contribution in [3.05, 3.63) is 69.5 Å². The van der Waals surface area contributed by atoms with Crippen LogP contribution in [0.3, 0.4) is 0 Å². The van der Waals surface area contributed by atoms with E-state index in [9.17, 15) is 14.4 Å². The normalized spacial score (nSPS) is 13.2. The van der Waals surface area contributed by atoms with Gasteiger partial charge in [-0.25, -0.2) is 4.79 Å². The number of nitrogens with two attached hydrogens (primary N) is 1. The topological polar surface area (TPSA) is 108 Å². The van der Waals surface area contributed by atoms with E-state index in [1.54, 1.807) is 25.1 Å². The molecule has 0 spiro atoms. The van der Waals surface area contributed by atoms with Gasteiger partial charge in [0.05, 0.1) is 5.69 Å². The van der Waals surface area contributed by atoms with Crippen molar-refractivity contribution in [2.75, 3.05) is 16.8 Å². The molecule has 0 saturated heterocycles. The Kier molecular flexibility index (Phi) is 4.35. The number of urea groups is 1. The third kappa shape index (κ3) is 3.00. The van der Waals surface area contributed by atoms with Gasteiger partial charge in [0.15, 0.2) is 0 Å². The number of aromatic amines is 1. The molecular formula is C21H20N4O3. The Morgan fingerprint density at radius 1 is 1.18 bits per heavy atom. The van der Waals surface area contributed by atoms with Crippen LogP contribution in [0.2, 0.25) is 0 Å². The number of carbonyl (C=O) groups is 2. The highest BCUT2D eigenvalue weighted by Gasteiger charge is 2.22. The third-order valence-corrected chi connectivity index (χ3v) is 5.14. The summed E-state index contributed by atoms with van der Waals surface area (Å²) in [6.07, 6.45) is 1.68. The summed E-state index contributed by atoms with van der Waals surface area (Å²) in [5.41, 5.74) is 8.61. The number of anilines is 2. The minimum absolute atomic E-state index is 0.0724. The van der Waals surface area contributed by atoms with E-state index in [1.165, 1.54) is 4.90 Å². The molecule has 4 rings (SSSR count). The summed E-state index contributed by atoms with van der Waals surface area (Å²) in [5, 5.41) is 3.59. The fourth-order valence-corrected chi connectivity index (χ4v) is 3.76. The van der Waals surface area contributed by atoms with Gasteiger partial charge in [0.2, 0.25) is 0 Å². The number of aryl methyl sites for hydroxylation is 2.